The summed E-state index contributed by atoms with van der Waals surface area (Å²) in [6.07, 6.45) is 6.55. The molecule has 0 amide bonds. The molecule has 106 valence electrons. The third-order valence-corrected chi connectivity index (χ3v) is 4.56. The van der Waals surface area contributed by atoms with Gasteiger partial charge < -0.3 is 9.53 Å². The van der Waals surface area contributed by atoms with E-state index in [0.717, 1.165) is 38.4 Å². The van der Waals surface area contributed by atoms with Gasteiger partial charge in [-0.25, -0.2) is 0 Å². The van der Waals surface area contributed by atoms with Crippen molar-refractivity contribution in [3.05, 3.63) is 35.4 Å². The first-order valence-corrected chi connectivity index (χ1v) is 7.22. The second kappa shape index (κ2) is 6.67. The Kier molecular flexibility index (Phi) is 4.92. The van der Waals surface area contributed by atoms with Gasteiger partial charge in [0, 0.05) is 13.5 Å². The summed E-state index contributed by atoms with van der Waals surface area (Å²) in [6.45, 7) is 0. The number of rotatable bonds is 5. The van der Waals surface area contributed by atoms with Crippen LogP contribution in [0.1, 0.15) is 55.6 Å². The Morgan fingerprint density at radius 1 is 1.35 bits per heavy atom. The van der Waals surface area contributed by atoms with E-state index in [0.29, 0.717) is 17.9 Å². The predicted molar refractivity (Wildman–Crippen MR) is 77.4 cm³/mol. The number of hydrogen-bond acceptors (Lipinski definition) is 3. The van der Waals surface area contributed by atoms with Crippen molar-refractivity contribution in [2.45, 2.75) is 50.0 Å². The molecular formula is C17H21NO2. The van der Waals surface area contributed by atoms with Crippen LogP contribution in [0.3, 0.4) is 0 Å². The molecule has 3 nitrogen and oxygen atoms in total. The van der Waals surface area contributed by atoms with E-state index in [2.05, 4.69) is 18.2 Å². The summed E-state index contributed by atoms with van der Waals surface area (Å²) in [5.41, 5.74) is 1.91. The third-order valence-electron chi connectivity index (χ3n) is 4.56. The Morgan fingerprint density at radius 3 is 2.50 bits per heavy atom. The van der Waals surface area contributed by atoms with Crippen molar-refractivity contribution in [2.24, 2.45) is 0 Å². The van der Waals surface area contributed by atoms with E-state index >= 15 is 0 Å². The molecule has 0 atom stereocenters. The molecular weight excluding hydrogens is 250 g/mol. The lowest BCUT2D eigenvalue weighted by atomic mass is 9.74. The fraction of sp³-hybridized carbons (Fsp3) is 0.529. The largest absolute Gasteiger partial charge is 0.378 e. The first-order chi connectivity index (χ1) is 9.73. The minimum Gasteiger partial charge on any atom is -0.378 e. The summed E-state index contributed by atoms with van der Waals surface area (Å²) in [5.74, 6) is 0.544. The maximum Gasteiger partial charge on any atom is 0.120 e. The molecule has 0 spiro atoms. The highest BCUT2D eigenvalue weighted by Gasteiger charge is 2.35. The van der Waals surface area contributed by atoms with Gasteiger partial charge in [-0.3, -0.25) is 0 Å². The van der Waals surface area contributed by atoms with Gasteiger partial charge in [-0.2, -0.15) is 5.26 Å². The number of nitrogens with zero attached hydrogens (tertiary/aromatic N) is 1. The second-order valence-electron chi connectivity index (χ2n) is 5.60. The molecule has 0 unspecified atom stereocenters. The Hall–Kier alpha value is -1.66. The van der Waals surface area contributed by atoms with Crippen LogP contribution in [-0.4, -0.2) is 19.0 Å². The van der Waals surface area contributed by atoms with Crippen LogP contribution in [0.25, 0.3) is 0 Å². The van der Waals surface area contributed by atoms with Gasteiger partial charge in [-0.15, -0.1) is 0 Å². The predicted octanol–water partition coefficient (Wildman–Crippen LogP) is 3.58. The molecule has 0 aromatic heterocycles. The molecule has 1 aromatic carbocycles. The van der Waals surface area contributed by atoms with E-state index in [1.165, 1.54) is 5.56 Å². The van der Waals surface area contributed by atoms with E-state index in [9.17, 15) is 4.79 Å². The number of ether oxygens (including phenoxy) is 1. The van der Waals surface area contributed by atoms with Gasteiger partial charge in [-0.1, -0.05) is 12.1 Å². The van der Waals surface area contributed by atoms with Crippen LogP contribution in [0, 0.1) is 11.3 Å². The van der Waals surface area contributed by atoms with Crippen molar-refractivity contribution < 1.29 is 9.53 Å². The third kappa shape index (κ3) is 3.26. The van der Waals surface area contributed by atoms with Gasteiger partial charge in [0.05, 0.1) is 17.2 Å². The first kappa shape index (κ1) is 14.7. The number of benzene rings is 1. The van der Waals surface area contributed by atoms with Gasteiger partial charge >= 0.3 is 0 Å². The number of methoxy groups -OCH3 is 1. The zero-order valence-electron chi connectivity index (χ0n) is 12.0. The normalized spacial score (nSPS) is 25.9. The van der Waals surface area contributed by atoms with Crippen LogP contribution in [-0.2, 0) is 9.53 Å². The van der Waals surface area contributed by atoms with E-state index in [-0.39, 0.29) is 5.60 Å². The fourth-order valence-corrected chi connectivity index (χ4v) is 3.19. The van der Waals surface area contributed by atoms with E-state index in [4.69, 9.17) is 10.00 Å². The van der Waals surface area contributed by atoms with Gasteiger partial charge in [0.2, 0.25) is 0 Å². The first-order valence-electron chi connectivity index (χ1n) is 7.22. The number of hydrogen-bond donors (Lipinski definition) is 0. The highest BCUT2D eigenvalue weighted by atomic mass is 16.5. The highest BCUT2D eigenvalue weighted by molar-refractivity contribution is 5.49. The minimum absolute atomic E-state index is 0.107. The molecule has 0 heterocycles. The molecule has 1 saturated carbocycles. The van der Waals surface area contributed by atoms with Crippen LogP contribution < -0.4 is 0 Å². The van der Waals surface area contributed by atoms with E-state index in [1.807, 2.05) is 12.1 Å². The molecule has 0 saturated heterocycles. The molecule has 0 radical (unpaired) electrons. The Bertz CT molecular complexity index is 479. The standard InChI is InChI=1S/C17H21NO2/c1-20-17(9-2-12-19)10-7-16(8-11-17)15-5-3-14(13-18)4-6-15/h3-6,12,16H,2,7-11H2,1H3/t16-,17+. The van der Waals surface area contributed by atoms with Gasteiger partial charge in [-0.05, 0) is 55.7 Å². The number of carbonyl (C=O) groups is 1. The van der Waals surface area contributed by atoms with Crippen LogP contribution >= 0.6 is 0 Å². The molecule has 0 N–H and O–H groups in total. The summed E-state index contributed by atoms with van der Waals surface area (Å²) < 4.78 is 5.70. The van der Waals surface area contributed by atoms with E-state index < -0.39 is 0 Å². The van der Waals surface area contributed by atoms with Crippen LogP contribution in [0.2, 0.25) is 0 Å². The summed E-state index contributed by atoms with van der Waals surface area (Å²) >= 11 is 0. The average molecular weight is 271 g/mol. The topological polar surface area (TPSA) is 50.1 Å². The maximum absolute atomic E-state index is 10.6. The Labute approximate surface area is 120 Å². The molecule has 3 heteroatoms. The molecule has 1 fully saturated rings. The van der Waals surface area contributed by atoms with Crippen molar-refractivity contribution >= 4 is 6.29 Å². The van der Waals surface area contributed by atoms with Crippen LogP contribution in [0.5, 0.6) is 0 Å². The fourth-order valence-electron chi connectivity index (χ4n) is 3.19. The molecule has 20 heavy (non-hydrogen) atoms. The van der Waals surface area contributed by atoms with Gasteiger partial charge in [0.15, 0.2) is 0 Å². The lowest BCUT2D eigenvalue weighted by Gasteiger charge is -2.39. The minimum atomic E-state index is -0.107. The van der Waals surface area contributed by atoms with Crippen molar-refractivity contribution in [2.75, 3.05) is 7.11 Å². The molecule has 2 rings (SSSR count). The zero-order chi connectivity index (χ0) is 14.4. The molecule has 0 bridgehead atoms. The molecule has 0 aliphatic heterocycles. The average Bonchev–Trinajstić information content (AvgIpc) is 2.53. The van der Waals surface area contributed by atoms with Crippen molar-refractivity contribution in [3.63, 3.8) is 0 Å². The maximum atomic E-state index is 10.6. The summed E-state index contributed by atoms with van der Waals surface area (Å²) in [7, 11) is 1.76. The quantitative estimate of drug-likeness (QED) is 0.769. The number of carbonyl (C=O) groups excluding carboxylic acids is 1. The van der Waals surface area contributed by atoms with Gasteiger partial charge in [0.1, 0.15) is 6.29 Å². The Morgan fingerprint density at radius 2 is 2.00 bits per heavy atom. The molecule has 1 aromatic rings. The summed E-state index contributed by atoms with van der Waals surface area (Å²) in [5, 5.41) is 8.83. The van der Waals surface area contributed by atoms with Crippen molar-refractivity contribution in [1.82, 2.24) is 0 Å². The van der Waals surface area contributed by atoms with Crippen molar-refractivity contribution in [3.8, 4) is 6.07 Å². The van der Waals surface area contributed by atoms with E-state index in [1.54, 1.807) is 7.11 Å². The summed E-state index contributed by atoms with van der Waals surface area (Å²) in [4.78, 5) is 10.6. The zero-order valence-corrected chi connectivity index (χ0v) is 12.0. The lowest BCUT2D eigenvalue weighted by Crippen LogP contribution is -2.35. The monoisotopic (exact) mass is 271 g/mol. The Balaban J connectivity index is 1.99. The smallest absolute Gasteiger partial charge is 0.120 e. The number of aldehydes is 1. The SMILES string of the molecule is CO[C@]1(CCC=O)CC[C@H](c2ccc(C#N)cc2)CC1. The van der Waals surface area contributed by atoms with Crippen LogP contribution in [0.4, 0.5) is 0 Å². The van der Waals surface area contributed by atoms with Crippen molar-refractivity contribution in [1.29, 1.82) is 5.26 Å². The van der Waals surface area contributed by atoms with Gasteiger partial charge in [0.25, 0.3) is 0 Å². The lowest BCUT2D eigenvalue weighted by molar-refractivity contribution is -0.110. The molecule has 1 aliphatic carbocycles. The second-order valence-corrected chi connectivity index (χ2v) is 5.60. The van der Waals surface area contributed by atoms with Crippen LogP contribution in [0.15, 0.2) is 24.3 Å². The highest BCUT2D eigenvalue weighted by Crippen LogP contribution is 2.41. The molecule has 1 aliphatic rings. The number of nitriles is 1. The summed E-state index contributed by atoms with van der Waals surface area (Å²) in [6, 6.07) is 10.1.